The molecule has 0 atom stereocenters. The molecule has 0 spiro atoms. The molecule has 222 valence electrons. The third-order valence-electron chi connectivity index (χ3n) is 7.57. The van der Waals surface area contributed by atoms with Crippen molar-refractivity contribution in [1.82, 2.24) is 15.0 Å². The van der Waals surface area contributed by atoms with Crippen molar-refractivity contribution in [2.75, 3.05) is 6.61 Å². The van der Waals surface area contributed by atoms with Crippen LogP contribution in [0.3, 0.4) is 0 Å². The van der Waals surface area contributed by atoms with Crippen LogP contribution in [0, 0.1) is 27.7 Å². The summed E-state index contributed by atoms with van der Waals surface area (Å²) in [4.78, 5) is 14.5. The standard InChI is InChI=1S/C37H47N3O2/c1-6-7-8-9-10-11-12-13-14-15-18-42-32-16-17-33(34(41)25-32)37-39-35(30-21-26(2)19-27(3)22-30)38-36(40-37)31-23-28(4)20-29(5)24-31/h16-17,19-25,41H,6-15,18H2,1-5H3. The lowest BCUT2D eigenvalue weighted by Crippen LogP contribution is -2.02. The number of rotatable bonds is 15. The van der Waals surface area contributed by atoms with E-state index < -0.39 is 0 Å². The molecule has 5 nitrogen and oxygen atoms in total. The predicted molar refractivity (Wildman–Crippen MR) is 174 cm³/mol. The molecule has 0 saturated carbocycles. The molecule has 4 rings (SSSR count). The van der Waals surface area contributed by atoms with Crippen molar-refractivity contribution in [3.8, 4) is 45.7 Å². The van der Waals surface area contributed by atoms with E-state index in [4.69, 9.17) is 19.7 Å². The van der Waals surface area contributed by atoms with Gasteiger partial charge in [0.15, 0.2) is 17.5 Å². The minimum absolute atomic E-state index is 0.0968. The third kappa shape index (κ3) is 9.14. The normalized spacial score (nSPS) is 11.2. The number of benzene rings is 3. The maximum Gasteiger partial charge on any atom is 0.167 e. The van der Waals surface area contributed by atoms with Gasteiger partial charge >= 0.3 is 0 Å². The molecular formula is C37H47N3O2. The molecule has 0 amide bonds. The molecule has 0 radical (unpaired) electrons. The predicted octanol–water partition coefficient (Wildman–Crippen LogP) is 10.1. The SMILES string of the molecule is CCCCCCCCCCCCOc1ccc(-c2nc(-c3cc(C)cc(C)c3)nc(-c3cc(C)cc(C)c3)n2)c(O)c1. The van der Waals surface area contributed by atoms with E-state index in [0.717, 1.165) is 39.8 Å². The Morgan fingerprint density at radius 2 is 1.00 bits per heavy atom. The van der Waals surface area contributed by atoms with Crippen molar-refractivity contribution in [2.24, 2.45) is 0 Å². The molecule has 0 fully saturated rings. The zero-order valence-corrected chi connectivity index (χ0v) is 26.2. The first kappa shape index (κ1) is 31.2. The Balaban J connectivity index is 1.47. The molecule has 1 heterocycles. The summed E-state index contributed by atoms with van der Waals surface area (Å²) in [7, 11) is 0. The van der Waals surface area contributed by atoms with Crippen molar-refractivity contribution >= 4 is 0 Å². The highest BCUT2D eigenvalue weighted by molar-refractivity contribution is 5.71. The summed E-state index contributed by atoms with van der Waals surface area (Å²) in [5.41, 5.74) is 6.99. The minimum atomic E-state index is 0.0968. The second-order valence-corrected chi connectivity index (χ2v) is 11.8. The second kappa shape index (κ2) is 15.5. The van der Waals surface area contributed by atoms with Crippen molar-refractivity contribution < 1.29 is 9.84 Å². The largest absolute Gasteiger partial charge is 0.507 e. The summed E-state index contributed by atoms with van der Waals surface area (Å²) in [6, 6.07) is 18.0. The van der Waals surface area contributed by atoms with Crippen molar-refractivity contribution in [1.29, 1.82) is 0 Å². The Morgan fingerprint density at radius 1 is 0.548 bits per heavy atom. The first-order valence-corrected chi connectivity index (χ1v) is 15.7. The average Bonchev–Trinajstić information content (AvgIpc) is 2.95. The Morgan fingerprint density at radius 3 is 1.48 bits per heavy atom. The first-order valence-electron chi connectivity index (χ1n) is 15.7. The van der Waals surface area contributed by atoms with Crippen LogP contribution in [-0.4, -0.2) is 26.7 Å². The zero-order valence-electron chi connectivity index (χ0n) is 26.2. The fraction of sp³-hybridized carbons (Fsp3) is 0.432. The summed E-state index contributed by atoms with van der Waals surface area (Å²) in [6.07, 6.45) is 12.9. The van der Waals surface area contributed by atoms with E-state index in [1.807, 2.05) is 12.1 Å². The van der Waals surface area contributed by atoms with Crippen LogP contribution < -0.4 is 4.74 Å². The quantitative estimate of drug-likeness (QED) is 0.145. The average molecular weight is 566 g/mol. The van der Waals surface area contributed by atoms with Crippen LogP contribution in [-0.2, 0) is 0 Å². The molecule has 0 aliphatic heterocycles. The smallest absolute Gasteiger partial charge is 0.167 e. The summed E-state index contributed by atoms with van der Waals surface area (Å²) in [5.74, 6) is 2.36. The van der Waals surface area contributed by atoms with Gasteiger partial charge in [0.2, 0.25) is 0 Å². The Kier molecular flexibility index (Phi) is 11.5. The highest BCUT2D eigenvalue weighted by Crippen LogP contribution is 2.33. The van der Waals surface area contributed by atoms with Crippen LogP contribution in [0.2, 0.25) is 0 Å². The number of hydrogen-bond donors (Lipinski definition) is 1. The van der Waals surface area contributed by atoms with Crippen LogP contribution >= 0.6 is 0 Å². The van der Waals surface area contributed by atoms with Gasteiger partial charge < -0.3 is 9.84 Å². The fourth-order valence-electron chi connectivity index (χ4n) is 5.53. The molecule has 0 aliphatic rings. The van der Waals surface area contributed by atoms with E-state index >= 15 is 0 Å². The number of nitrogens with zero attached hydrogens (tertiary/aromatic N) is 3. The van der Waals surface area contributed by atoms with E-state index in [0.29, 0.717) is 35.4 Å². The van der Waals surface area contributed by atoms with Crippen molar-refractivity contribution in [2.45, 2.75) is 98.8 Å². The molecule has 1 N–H and O–H groups in total. The minimum Gasteiger partial charge on any atom is -0.507 e. The van der Waals surface area contributed by atoms with Gasteiger partial charge in [-0.05, 0) is 70.5 Å². The van der Waals surface area contributed by atoms with Gasteiger partial charge in [0.05, 0.1) is 12.2 Å². The molecule has 0 bridgehead atoms. The van der Waals surface area contributed by atoms with Crippen LogP contribution in [0.25, 0.3) is 34.2 Å². The van der Waals surface area contributed by atoms with E-state index in [1.54, 1.807) is 6.07 Å². The Hall–Kier alpha value is -3.73. The Bertz CT molecular complexity index is 1350. The van der Waals surface area contributed by atoms with Crippen molar-refractivity contribution in [3.63, 3.8) is 0 Å². The van der Waals surface area contributed by atoms with Crippen LogP contribution in [0.1, 0.15) is 93.4 Å². The molecule has 1 aromatic heterocycles. The summed E-state index contributed by atoms with van der Waals surface area (Å²) in [6.45, 7) is 11.2. The van der Waals surface area contributed by atoms with Gasteiger partial charge in [-0.1, -0.05) is 99.1 Å². The number of hydrogen-bond acceptors (Lipinski definition) is 5. The molecule has 0 saturated heterocycles. The monoisotopic (exact) mass is 565 g/mol. The fourth-order valence-corrected chi connectivity index (χ4v) is 5.53. The topological polar surface area (TPSA) is 68.1 Å². The van der Waals surface area contributed by atoms with Crippen LogP contribution in [0.4, 0.5) is 0 Å². The molecule has 3 aromatic carbocycles. The number of phenolic OH excluding ortho intramolecular Hbond substituents is 1. The maximum absolute atomic E-state index is 11.0. The van der Waals surface area contributed by atoms with Gasteiger partial charge in [-0.15, -0.1) is 0 Å². The lowest BCUT2D eigenvalue weighted by molar-refractivity contribution is 0.302. The van der Waals surface area contributed by atoms with Gasteiger partial charge in [-0.2, -0.15) is 0 Å². The number of aryl methyl sites for hydroxylation is 4. The molecular weight excluding hydrogens is 518 g/mol. The van der Waals surface area contributed by atoms with Gasteiger partial charge in [-0.3, -0.25) is 0 Å². The van der Waals surface area contributed by atoms with Crippen LogP contribution in [0.5, 0.6) is 11.5 Å². The lowest BCUT2D eigenvalue weighted by atomic mass is 10.1. The number of aromatic nitrogens is 3. The summed E-state index contributed by atoms with van der Waals surface area (Å²) >= 11 is 0. The molecule has 5 heteroatoms. The van der Waals surface area contributed by atoms with Gasteiger partial charge in [-0.25, -0.2) is 15.0 Å². The summed E-state index contributed by atoms with van der Waals surface area (Å²) < 4.78 is 5.98. The molecule has 0 aliphatic carbocycles. The first-order chi connectivity index (χ1) is 20.3. The van der Waals surface area contributed by atoms with Crippen molar-refractivity contribution in [3.05, 3.63) is 76.9 Å². The van der Waals surface area contributed by atoms with E-state index in [-0.39, 0.29) is 5.75 Å². The highest BCUT2D eigenvalue weighted by Gasteiger charge is 2.16. The maximum atomic E-state index is 11.0. The highest BCUT2D eigenvalue weighted by atomic mass is 16.5. The van der Waals surface area contributed by atoms with E-state index in [2.05, 4.69) is 71.0 Å². The number of phenols is 1. The van der Waals surface area contributed by atoms with E-state index in [1.165, 1.54) is 57.8 Å². The zero-order chi connectivity index (χ0) is 29.9. The number of aromatic hydroxyl groups is 1. The van der Waals surface area contributed by atoms with Crippen LogP contribution in [0.15, 0.2) is 54.6 Å². The molecule has 42 heavy (non-hydrogen) atoms. The van der Waals surface area contributed by atoms with Gasteiger partial charge in [0.1, 0.15) is 11.5 Å². The Labute approximate surface area is 252 Å². The number of ether oxygens (including phenoxy) is 1. The van der Waals surface area contributed by atoms with E-state index in [9.17, 15) is 5.11 Å². The lowest BCUT2D eigenvalue weighted by Gasteiger charge is -2.12. The molecule has 0 unspecified atom stereocenters. The second-order valence-electron chi connectivity index (χ2n) is 11.8. The van der Waals surface area contributed by atoms with Gasteiger partial charge in [0.25, 0.3) is 0 Å². The van der Waals surface area contributed by atoms with Gasteiger partial charge in [0, 0.05) is 17.2 Å². The summed E-state index contributed by atoms with van der Waals surface area (Å²) in [5, 5.41) is 11.0. The number of unbranched alkanes of at least 4 members (excludes halogenated alkanes) is 9. The third-order valence-corrected chi connectivity index (χ3v) is 7.57. The molecule has 4 aromatic rings.